The highest BCUT2D eigenvalue weighted by atomic mass is 35.5. The number of halogens is 1. The highest BCUT2D eigenvalue weighted by Crippen LogP contribution is 2.37. The molecule has 160 valence electrons. The largest absolute Gasteiger partial charge is 0.484 e. The molecule has 1 aromatic heterocycles. The maximum Gasteiger partial charge on any atom is 0.341 e. The van der Waals surface area contributed by atoms with Crippen LogP contribution in [0, 0.1) is 10.1 Å². The van der Waals surface area contributed by atoms with Crippen molar-refractivity contribution >= 4 is 45.5 Å². The average Bonchev–Trinajstić information content (AvgIpc) is 3.16. The van der Waals surface area contributed by atoms with Crippen LogP contribution in [-0.2, 0) is 9.53 Å². The van der Waals surface area contributed by atoms with Gasteiger partial charge in [0.2, 0.25) is 0 Å². The van der Waals surface area contributed by atoms with Crippen LogP contribution in [0.5, 0.6) is 5.75 Å². The number of carbonyl (C=O) groups excluding carboxylic acids is 2. The maximum absolute atomic E-state index is 12.6. The summed E-state index contributed by atoms with van der Waals surface area (Å²) in [5.74, 6) is -0.703. The standard InChI is InChI=1S/C21H17ClN2O6S/c1-2-29-21(26)19-17(13-5-3-7-15(9-13)24(27)28)12-31-20(19)23-18(25)11-30-16-8-4-6-14(22)10-16/h3-10,12H,2,11H2,1H3,(H,23,25). The van der Waals surface area contributed by atoms with E-state index in [2.05, 4.69) is 5.32 Å². The van der Waals surface area contributed by atoms with Crippen LogP contribution in [0.2, 0.25) is 5.02 Å². The van der Waals surface area contributed by atoms with Crippen molar-refractivity contribution in [1.82, 2.24) is 0 Å². The Hall–Kier alpha value is -3.43. The molecule has 31 heavy (non-hydrogen) atoms. The van der Waals surface area contributed by atoms with Crippen LogP contribution in [0.15, 0.2) is 53.9 Å². The molecule has 0 fully saturated rings. The molecule has 8 nitrogen and oxygen atoms in total. The van der Waals surface area contributed by atoms with Crippen molar-refractivity contribution < 1.29 is 24.0 Å². The van der Waals surface area contributed by atoms with Gasteiger partial charge in [-0.2, -0.15) is 0 Å². The number of esters is 1. The van der Waals surface area contributed by atoms with Crippen molar-refractivity contribution in [3.05, 3.63) is 74.6 Å². The number of nitro groups is 1. The van der Waals surface area contributed by atoms with E-state index < -0.39 is 16.8 Å². The lowest BCUT2D eigenvalue weighted by Crippen LogP contribution is -2.21. The average molecular weight is 461 g/mol. The molecule has 0 spiro atoms. The van der Waals surface area contributed by atoms with Crippen LogP contribution in [0.25, 0.3) is 11.1 Å². The van der Waals surface area contributed by atoms with E-state index in [0.717, 1.165) is 11.3 Å². The molecule has 3 aromatic rings. The normalized spacial score (nSPS) is 10.4. The molecule has 1 amide bonds. The summed E-state index contributed by atoms with van der Waals surface area (Å²) in [4.78, 5) is 35.6. The third-order valence-electron chi connectivity index (χ3n) is 4.06. The Kier molecular flexibility index (Phi) is 7.22. The Balaban J connectivity index is 1.84. The van der Waals surface area contributed by atoms with Crippen molar-refractivity contribution in [2.24, 2.45) is 0 Å². The molecule has 0 bridgehead atoms. The van der Waals surface area contributed by atoms with E-state index in [1.165, 1.54) is 18.2 Å². The number of nitro benzene ring substituents is 1. The lowest BCUT2D eigenvalue weighted by atomic mass is 10.0. The van der Waals surface area contributed by atoms with Gasteiger partial charge in [-0.05, 0) is 30.7 Å². The molecule has 0 atom stereocenters. The van der Waals surface area contributed by atoms with E-state index in [4.69, 9.17) is 21.1 Å². The van der Waals surface area contributed by atoms with Crippen molar-refractivity contribution in [2.45, 2.75) is 6.92 Å². The van der Waals surface area contributed by atoms with Gasteiger partial charge in [0.25, 0.3) is 11.6 Å². The van der Waals surface area contributed by atoms with Gasteiger partial charge in [-0.15, -0.1) is 11.3 Å². The molecule has 0 aliphatic carbocycles. The second kappa shape index (κ2) is 10.1. The van der Waals surface area contributed by atoms with Crippen LogP contribution < -0.4 is 10.1 Å². The Bertz CT molecular complexity index is 1130. The predicted octanol–water partition coefficient (Wildman–Crippen LogP) is 5.17. The van der Waals surface area contributed by atoms with Gasteiger partial charge in [-0.1, -0.05) is 29.8 Å². The molecule has 3 rings (SSSR count). The zero-order valence-electron chi connectivity index (χ0n) is 16.3. The first kappa shape index (κ1) is 22.3. The van der Waals surface area contributed by atoms with Crippen molar-refractivity contribution in [3.8, 4) is 16.9 Å². The lowest BCUT2D eigenvalue weighted by molar-refractivity contribution is -0.384. The number of nitrogens with one attached hydrogen (secondary N) is 1. The Morgan fingerprint density at radius 2 is 1.97 bits per heavy atom. The second-order valence-electron chi connectivity index (χ2n) is 6.18. The van der Waals surface area contributed by atoms with Crippen molar-refractivity contribution in [3.63, 3.8) is 0 Å². The van der Waals surface area contributed by atoms with Crippen molar-refractivity contribution in [1.29, 1.82) is 0 Å². The van der Waals surface area contributed by atoms with Gasteiger partial charge in [-0.25, -0.2) is 4.79 Å². The molecular weight excluding hydrogens is 444 g/mol. The van der Waals surface area contributed by atoms with E-state index in [1.54, 1.807) is 42.6 Å². The summed E-state index contributed by atoms with van der Waals surface area (Å²) in [7, 11) is 0. The minimum atomic E-state index is -0.642. The number of ether oxygens (including phenoxy) is 2. The second-order valence-corrected chi connectivity index (χ2v) is 7.49. The molecule has 0 saturated heterocycles. The molecule has 0 radical (unpaired) electrons. The molecule has 1 heterocycles. The van der Waals surface area contributed by atoms with E-state index in [-0.39, 0.29) is 29.5 Å². The first-order chi connectivity index (χ1) is 14.9. The SMILES string of the molecule is CCOC(=O)c1c(-c2cccc([N+](=O)[O-])c2)csc1NC(=O)COc1cccc(Cl)c1. The van der Waals surface area contributed by atoms with Gasteiger partial charge in [-0.3, -0.25) is 14.9 Å². The molecule has 0 unspecified atom stereocenters. The number of non-ortho nitro benzene ring substituents is 1. The lowest BCUT2D eigenvalue weighted by Gasteiger charge is -2.10. The summed E-state index contributed by atoms with van der Waals surface area (Å²) in [5.41, 5.74) is 0.907. The van der Waals surface area contributed by atoms with E-state index in [1.807, 2.05) is 0 Å². The number of carbonyl (C=O) groups is 2. The quantitative estimate of drug-likeness (QED) is 0.282. The first-order valence-corrected chi connectivity index (χ1v) is 10.4. The molecule has 2 aromatic carbocycles. The number of anilines is 1. The van der Waals surface area contributed by atoms with Crippen LogP contribution in [0.3, 0.4) is 0 Å². The minimum absolute atomic E-state index is 0.112. The van der Waals surface area contributed by atoms with Gasteiger partial charge in [0.05, 0.1) is 11.5 Å². The fourth-order valence-electron chi connectivity index (χ4n) is 2.72. The topological polar surface area (TPSA) is 108 Å². The van der Waals surface area contributed by atoms with Crippen LogP contribution >= 0.6 is 22.9 Å². The molecule has 0 saturated carbocycles. The Morgan fingerprint density at radius 3 is 2.68 bits per heavy atom. The highest BCUT2D eigenvalue weighted by molar-refractivity contribution is 7.15. The minimum Gasteiger partial charge on any atom is -0.484 e. The summed E-state index contributed by atoms with van der Waals surface area (Å²) in [6.07, 6.45) is 0. The monoisotopic (exact) mass is 460 g/mol. The van der Waals surface area contributed by atoms with Gasteiger partial charge >= 0.3 is 5.97 Å². The zero-order valence-corrected chi connectivity index (χ0v) is 17.9. The van der Waals surface area contributed by atoms with Crippen molar-refractivity contribution in [2.75, 3.05) is 18.5 Å². The number of thiophene rings is 1. The maximum atomic E-state index is 12.6. The molecular formula is C21H17ClN2O6S. The van der Waals surface area contributed by atoms with Gasteiger partial charge in [0.15, 0.2) is 6.61 Å². The van der Waals surface area contributed by atoms with E-state index >= 15 is 0 Å². The molecule has 10 heteroatoms. The third kappa shape index (κ3) is 5.59. The number of nitrogens with zero attached hydrogens (tertiary/aromatic N) is 1. The van der Waals surface area contributed by atoms with Gasteiger partial charge in [0.1, 0.15) is 16.3 Å². The highest BCUT2D eigenvalue weighted by Gasteiger charge is 2.24. The number of hydrogen-bond donors (Lipinski definition) is 1. The summed E-state index contributed by atoms with van der Waals surface area (Å²) in [5, 5.41) is 16.1. The first-order valence-electron chi connectivity index (χ1n) is 9.10. The van der Waals surface area contributed by atoms with E-state index in [9.17, 15) is 19.7 Å². The van der Waals surface area contributed by atoms with Gasteiger partial charge in [0, 0.05) is 28.1 Å². The predicted molar refractivity (Wildman–Crippen MR) is 118 cm³/mol. The summed E-state index contributed by atoms with van der Waals surface area (Å²) in [6.45, 7) is 1.50. The smallest absolute Gasteiger partial charge is 0.341 e. The van der Waals surface area contributed by atoms with Gasteiger partial charge < -0.3 is 14.8 Å². The molecule has 1 N–H and O–H groups in total. The summed E-state index contributed by atoms with van der Waals surface area (Å²) in [6, 6.07) is 12.5. The van der Waals surface area contributed by atoms with E-state index in [0.29, 0.717) is 21.9 Å². The zero-order chi connectivity index (χ0) is 22.4. The number of rotatable bonds is 8. The number of benzene rings is 2. The molecule has 0 aliphatic rings. The fraction of sp³-hybridized carbons (Fsp3) is 0.143. The third-order valence-corrected chi connectivity index (χ3v) is 5.19. The summed E-state index contributed by atoms with van der Waals surface area (Å²) >= 11 is 7.01. The fourth-order valence-corrected chi connectivity index (χ4v) is 3.88. The van der Waals surface area contributed by atoms with Crippen LogP contribution in [0.1, 0.15) is 17.3 Å². The summed E-state index contributed by atoms with van der Waals surface area (Å²) < 4.78 is 10.5. The Labute approximate surface area is 186 Å². The van der Waals surface area contributed by atoms with Crippen LogP contribution in [-0.4, -0.2) is 30.0 Å². The number of amides is 1. The van der Waals surface area contributed by atoms with Crippen LogP contribution in [0.4, 0.5) is 10.7 Å². The molecule has 0 aliphatic heterocycles. The Morgan fingerprint density at radius 1 is 1.19 bits per heavy atom. The number of hydrogen-bond acceptors (Lipinski definition) is 7.